The molecular formula is C14H19BrN2O. The lowest BCUT2D eigenvalue weighted by Crippen LogP contribution is -2.38. The van der Waals surface area contributed by atoms with E-state index in [1.807, 2.05) is 18.2 Å². The normalized spacial score (nSPS) is 27.6. The Morgan fingerprint density at radius 3 is 3.11 bits per heavy atom. The number of rotatable bonds is 3. The molecular weight excluding hydrogens is 292 g/mol. The second-order valence-electron chi connectivity index (χ2n) is 5.27. The van der Waals surface area contributed by atoms with Gasteiger partial charge in [0.2, 0.25) is 0 Å². The van der Waals surface area contributed by atoms with Gasteiger partial charge in [0.25, 0.3) is 0 Å². The van der Waals surface area contributed by atoms with Crippen molar-refractivity contribution < 1.29 is 5.11 Å². The van der Waals surface area contributed by atoms with Crippen LogP contribution in [0.2, 0.25) is 0 Å². The first-order chi connectivity index (χ1) is 8.75. The van der Waals surface area contributed by atoms with Crippen LogP contribution in [0.5, 0.6) is 5.75 Å². The van der Waals surface area contributed by atoms with E-state index in [-0.39, 0.29) is 0 Å². The third-order valence-corrected chi connectivity index (χ3v) is 4.87. The lowest BCUT2D eigenvalue weighted by Gasteiger charge is -2.21. The van der Waals surface area contributed by atoms with E-state index in [1.54, 1.807) is 0 Å². The largest absolute Gasteiger partial charge is 0.506 e. The zero-order valence-corrected chi connectivity index (χ0v) is 12.0. The van der Waals surface area contributed by atoms with E-state index in [9.17, 15) is 5.11 Å². The number of fused-ring (bicyclic) bond motifs is 1. The molecule has 2 heterocycles. The van der Waals surface area contributed by atoms with Crippen LogP contribution in [0.3, 0.4) is 0 Å². The van der Waals surface area contributed by atoms with Crippen LogP contribution in [0, 0.1) is 0 Å². The van der Waals surface area contributed by atoms with Gasteiger partial charge in [-0.15, -0.1) is 0 Å². The van der Waals surface area contributed by atoms with Gasteiger partial charge in [-0.25, -0.2) is 0 Å². The van der Waals surface area contributed by atoms with Gasteiger partial charge < -0.3 is 10.4 Å². The molecule has 2 saturated heterocycles. The van der Waals surface area contributed by atoms with E-state index in [2.05, 4.69) is 26.1 Å². The Kier molecular flexibility index (Phi) is 3.59. The predicted octanol–water partition coefficient (Wildman–Crippen LogP) is 2.48. The number of phenolic OH excluding ortho intramolecular Hbond substituents is 1. The number of halogens is 1. The molecule has 2 N–H and O–H groups in total. The van der Waals surface area contributed by atoms with Crippen LogP contribution in [0.25, 0.3) is 0 Å². The fourth-order valence-electron chi connectivity index (χ4n) is 3.26. The fraction of sp³-hybridized carbons (Fsp3) is 0.571. The van der Waals surface area contributed by atoms with Crippen LogP contribution in [0.1, 0.15) is 24.8 Å². The Morgan fingerprint density at radius 2 is 2.22 bits per heavy atom. The summed E-state index contributed by atoms with van der Waals surface area (Å²) in [7, 11) is 0. The van der Waals surface area contributed by atoms with E-state index >= 15 is 0 Å². The number of nitrogens with one attached hydrogen (secondary N) is 1. The van der Waals surface area contributed by atoms with Gasteiger partial charge in [-0.3, -0.25) is 4.90 Å². The molecule has 2 unspecified atom stereocenters. The summed E-state index contributed by atoms with van der Waals surface area (Å²) < 4.78 is 0.774. The quantitative estimate of drug-likeness (QED) is 0.900. The van der Waals surface area contributed by atoms with Crippen molar-refractivity contribution in [3.8, 4) is 5.75 Å². The summed E-state index contributed by atoms with van der Waals surface area (Å²) in [6.07, 6.45) is 3.90. The Hall–Kier alpha value is -0.580. The maximum Gasteiger partial charge on any atom is 0.134 e. The van der Waals surface area contributed by atoms with Gasteiger partial charge in [0, 0.05) is 30.7 Å². The van der Waals surface area contributed by atoms with Crippen molar-refractivity contribution >= 4 is 15.9 Å². The van der Waals surface area contributed by atoms with Gasteiger partial charge in [0.1, 0.15) is 5.75 Å². The zero-order valence-electron chi connectivity index (χ0n) is 10.4. The van der Waals surface area contributed by atoms with Gasteiger partial charge >= 0.3 is 0 Å². The molecule has 0 aliphatic carbocycles. The minimum atomic E-state index is 0.367. The summed E-state index contributed by atoms with van der Waals surface area (Å²) >= 11 is 3.36. The second kappa shape index (κ2) is 5.19. The Labute approximate surface area is 116 Å². The van der Waals surface area contributed by atoms with E-state index < -0.39 is 0 Å². The molecule has 1 aromatic rings. The Bertz CT molecular complexity index is 438. The van der Waals surface area contributed by atoms with Crippen LogP contribution >= 0.6 is 15.9 Å². The van der Waals surface area contributed by atoms with Gasteiger partial charge in [-0.2, -0.15) is 0 Å². The zero-order chi connectivity index (χ0) is 12.5. The average molecular weight is 311 g/mol. The molecule has 0 aromatic heterocycles. The first kappa shape index (κ1) is 12.5. The van der Waals surface area contributed by atoms with Crippen molar-refractivity contribution in [2.75, 3.05) is 13.1 Å². The van der Waals surface area contributed by atoms with Crippen LogP contribution in [-0.2, 0) is 6.54 Å². The van der Waals surface area contributed by atoms with Crippen molar-refractivity contribution in [1.82, 2.24) is 10.2 Å². The number of aromatic hydroxyl groups is 1. The molecule has 2 fully saturated rings. The van der Waals surface area contributed by atoms with E-state index in [4.69, 9.17) is 0 Å². The Morgan fingerprint density at radius 1 is 1.33 bits per heavy atom. The number of benzene rings is 1. The van der Waals surface area contributed by atoms with Crippen LogP contribution < -0.4 is 5.32 Å². The molecule has 0 radical (unpaired) electrons. The molecule has 3 rings (SSSR count). The first-order valence-electron chi connectivity index (χ1n) is 6.69. The highest BCUT2D eigenvalue weighted by molar-refractivity contribution is 9.10. The third-order valence-electron chi connectivity index (χ3n) is 4.23. The number of para-hydroxylation sites is 1. The third kappa shape index (κ3) is 2.29. The van der Waals surface area contributed by atoms with E-state index in [1.165, 1.54) is 32.4 Å². The van der Waals surface area contributed by atoms with Crippen molar-refractivity contribution in [3.63, 3.8) is 0 Å². The molecule has 0 bridgehead atoms. The van der Waals surface area contributed by atoms with E-state index in [0.29, 0.717) is 11.8 Å². The molecule has 18 heavy (non-hydrogen) atoms. The lowest BCUT2D eigenvalue weighted by atomic mass is 10.1. The molecule has 2 aliphatic rings. The molecule has 1 aromatic carbocycles. The maximum absolute atomic E-state index is 9.96. The summed E-state index contributed by atoms with van der Waals surface area (Å²) in [6, 6.07) is 7.13. The molecule has 0 spiro atoms. The smallest absolute Gasteiger partial charge is 0.134 e. The summed E-state index contributed by atoms with van der Waals surface area (Å²) in [5, 5.41) is 13.6. The molecule has 0 saturated carbocycles. The molecule has 3 nitrogen and oxygen atoms in total. The van der Waals surface area contributed by atoms with E-state index in [0.717, 1.165) is 22.6 Å². The summed E-state index contributed by atoms with van der Waals surface area (Å²) in [5.74, 6) is 0.367. The van der Waals surface area contributed by atoms with Crippen molar-refractivity contribution in [3.05, 3.63) is 28.2 Å². The summed E-state index contributed by atoms with van der Waals surface area (Å²) in [5.41, 5.74) is 0.973. The van der Waals surface area contributed by atoms with Crippen molar-refractivity contribution in [1.29, 1.82) is 0 Å². The summed E-state index contributed by atoms with van der Waals surface area (Å²) in [6.45, 7) is 3.25. The molecule has 98 valence electrons. The van der Waals surface area contributed by atoms with Crippen molar-refractivity contribution in [2.45, 2.75) is 37.9 Å². The average Bonchev–Trinajstić information content (AvgIpc) is 2.94. The number of hydrogen-bond acceptors (Lipinski definition) is 3. The van der Waals surface area contributed by atoms with Crippen LogP contribution in [-0.4, -0.2) is 35.2 Å². The minimum absolute atomic E-state index is 0.367. The second-order valence-corrected chi connectivity index (χ2v) is 6.12. The van der Waals surface area contributed by atoms with Gasteiger partial charge in [-0.1, -0.05) is 12.1 Å². The highest BCUT2D eigenvalue weighted by atomic mass is 79.9. The first-order valence-corrected chi connectivity index (χ1v) is 7.49. The Balaban J connectivity index is 1.63. The van der Waals surface area contributed by atoms with Crippen molar-refractivity contribution in [2.24, 2.45) is 0 Å². The van der Waals surface area contributed by atoms with Gasteiger partial charge in [0.05, 0.1) is 4.47 Å². The SMILES string of the molecule is Oc1c(Br)cccc1CNC1CCN2CCCC12. The minimum Gasteiger partial charge on any atom is -0.506 e. The highest BCUT2D eigenvalue weighted by Crippen LogP contribution is 2.30. The molecule has 2 aliphatic heterocycles. The van der Waals surface area contributed by atoms with Crippen LogP contribution in [0.4, 0.5) is 0 Å². The number of hydrogen-bond donors (Lipinski definition) is 2. The predicted molar refractivity (Wildman–Crippen MR) is 75.6 cm³/mol. The summed E-state index contributed by atoms with van der Waals surface area (Å²) in [4.78, 5) is 2.60. The van der Waals surface area contributed by atoms with Crippen LogP contribution in [0.15, 0.2) is 22.7 Å². The number of phenols is 1. The number of nitrogens with zero attached hydrogens (tertiary/aromatic N) is 1. The molecule has 4 heteroatoms. The molecule has 0 amide bonds. The topological polar surface area (TPSA) is 35.5 Å². The standard InChI is InChI=1S/C14H19BrN2O/c15-11-4-1-3-10(14(11)18)9-16-12-6-8-17-7-2-5-13(12)17/h1,3-4,12-13,16,18H,2,5-9H2. The monoisotopic (exact) mass is 310 g/mol. The fourth-order valence-corrected chi connectivity index (χ4v) is 3.67. The van der Waals surface area contributed by atoms with Gasteiger partial charge in [0.15, 0.2) is 0 Å². The molecule has 2 atom stereocenters. The maximum atomic E-state index is 9.96. The highest BCUT2D eigenvalue weighted by Gasteiger charge is 2.36. The van der Waals surface area contributed by atoms with Gasteiger partial charge in [-0.05, 0) is 47.8 Å². The lowest BCUT2D eigenvalue weighted by molar-refractivity contribution is 0.298.